The molecule has 0 aromatic carbocycles. The van der Waals surface area contributed by atoms with Gasteiger partial charge in [0, 0.05) is 0 Å². The molecule has 0 rings (SSSR count). The number of aliphatic hydroxyl groups is 1. The third-order valence-electron chi connectivity index (χ3n) is 1.77. The quantitative estimate of drug-likeness (QED) is 0.351. The van der Waals surface area contributed by atoms with E-state index in [2.05, 4.69) is 0 Å². The molecule has 2 N–H and O–H groups in total. The predicted octanol–water partition coefficient (Wildman–Crippen LogP) is 1.62. The highest BCUT2D eigenvalue weighted by molar-refractivity contribution is 5.76. The van der Waals surface area contributed by atoms with Crippen LogP contribution >= 0.6 is 0 Å². The summed E-state index contributed by atoms with van der Waals surface area (Å²) in [5.74, 6) is -16.9. The molecule has 0 saturated carbocycles. The molecule has 13 heteroatoms. The summed E-state index contributed by atoms with van der Waals surface area (Å²) in [5.41, 5.74) is 0. The van der Waals surface area contributed by atoms with Crippen LogP contribution in [0.25, 0.3) is 0 Å². The zero-order valence-corrected chi connectivity index (χ0v) is 8.36. The molecular formula is C6H4F9NO3. The van der Waals surface area contributed by atoms with Gasteiger partial charge in [0.1, 0.15) is 0 Å². The lowest BCUT2D eigenvalue weighted by molar-refractivity contribution is -0.451. The number of hydroxylamine groups is 2. The SMILES string of the molecule is O=C(CF)N(O)C(F)(F)C(F)(F)C(F)(F)C(O)(F)F. The minimum Gasteiger partial charge on any atom is -0.331 e. The minimum absolute atomic E-state index is 2.45. The average Bonchev–Trinajstić information content (AvgIpc) is 2.24. The summed E-state index contributed by atoms with van der Waals surface area (Å²) in [6.45, 7) is -2.50. The molecule has 0 bridgehead atoms. The highest BCUT2D eigenvalue weighted by atomic mass is 19.4. The molecule has 0 aliphatic rings. The molecule has 0 aliphatic carbocycles. The lowest BCUT2D eigenvalue weighted by atomic mass is 10.1. The van der Waals surface area contributed by atoms with Gasteiger partial charge in [0.2, 0.25) is 0 Å². The van der Waals surface area contributed by atoms with Crippen molar-refractivity contribution in [2.24, 2.45) is 0 Å². The predicted molar refractivity (Wildman–Crippen MR) is 36.6 cm³/mol. The molecule has 1 amide bonds. The molecule has 0 fully saturated rings. The maximum Gasteiger partial charge on any atom is 0.423 e. The summed E-state index contributed by atoms with van der Waals surface area (Å²) in [6, 6.07) is -6.61. The fourth-order valence-electron chi connectivity index (χ4n) is 0.724. The van der Waals surface area contributed by atoms with Gasteiger partial charge in [-0.2, -0.15) is 35.1 Å². The van der Waals surface area contributed by atoms with Crippen molar-refractivity contribution in [1.29, 1.82) is 0 Å². The van der Waals surface area contributed by atoms with Crippen LogP contribution in [0.4, 0.5) is 39.5 Å². The third kappa shape index (κ3) is 2.56. The Labute approximate surface area is 97.5 Å². The van der Waals surface area contributed by atoms with Crippen LogP contribution in [0, 0.1) is 0 Å². The van der Waals surface area contributed by atoms with Crippen LogP contribution in [0.3, 0.4) is 0 Å². The van der Waals surface area contributed by atoms with Crippen molar-refractivity contribution in [1.82, 2.24) is 5.06 Å². The molecule has 114 valence electrons. The topological polar surface area (TPSA) is 60.8 Å². The van der Waals surface area contributed by atoms with Gasteiger partial charge in [0.05, 0.1) is 0 Å². The van der Waals surface area contributed by atoms with Crippen LogP contribution < -0.4 is 0 Å². The Morgan fingerprint density at radius 2 is 1.32 bits per heavy atom. The van der Waals surface area contributed by atoms with Gasteiger partial charge in [-0.3, -0.25) is 10.0 Å². The Bertz CT molecular complexity index is 352. The molecular weight excluding hydrogens is 305 g/mol. The van der Waals surface area contributed by atoms with Gasteiger partial charge in [-0.1, -0.05) is 0 Å². The highest BCUT2D eigenvalue weighted by Gasteiger charge is 2.83. The first kappa shape index (κ1) is 17.8. The minimum atomic E-state index is -7.10. The summed E-state index contributed by atoms with van der Waals surface area (Å²) < 4.78 is 110. The second-order valence-electron chi connectivity index (χ2n) is 3.07. The van der Waals surface area contributed by atoms with E-state index in [4.69, 9.17) is 10.3 Å². The van der Waals surface area contributed by atoms with Crippen molar-refractivity contribution >= 4 is 5.91 Å². The number of halogens is 9. The first-order valence-electron chi connectivity index (χ1n) is 3.96. The van der Waals surface area contributed by atoms with Gasteiger partial charge in [0.25, 0.3) is 5.91 Å². The molecule has 0 aromatic heterocycles. The maximum atomic E-state index is 12.7. The molecule has 0 heterocycles. The zero-order valence-electron chi connectivity index (χ0n) is 8.36. The Morgan fingerprint density at radius 1 is 0.947 bits per heavy atom. The largest absolute Gasteiger partial charge is 0.423 e. The third-order valence-corrected chi connectivity index (χ3v) is 1.77. The molecule has 19 heavy (non-hydrogen) atoms. The first-order valence-corrected chi connectivity index (χ1v) is 3.96. The van der Waals surface area contributed by atoms with E-state index in [1.165, 1.54) is 0 Å². The number of hydrogen-bond donors (Lipinski definition) is 2. The van der Waals surface area contributed by atoms with Crippen LogP contribution in [0.15, 0.2) is 0 Å². The summed E-state index contributed by atoms with van der Waals surface area (Å²) in [4.78, 5) is 10.2. The number of carbonyl (C=O) groups excluding carboxylic acids is 1. The maximum absolute atomic E-state index is 12.7. The molecule has 0 aliphatic heterocycles. The molecule has 0 atom stereocenters. The molecule has 0 aromatic rings. The number of nitrogens with zero attached hydrogens (tertiary/aromatic N) is 1. The van der Waals surface area contributed by atoms with Gasteiger partial charge < -0.3 is 5.11 Å². The van der Waals surface area contributed by atoms with Crippen LogP contribution in [-0.4, -0.2) is 52.0 Å². The van der Waals surface area contributed by atoms with Crippen LogP contribution in [0.5, 0.6) is 0 Å². The Kier molecular flexibility index (Phi) is 4.39. The van der Waals surface area contributed by atoms with Gasteiger partial charge in [-0.15, -0.1) is 5.06 Å². The average molecular weight is 309 g/mol. The van der Waals surface area contributed by atoms with Gasteiger partial charge >= 0.3 is 24.0 Å². The number of carbonyl (C=O) groups is 1. The summed E-state index contributed by atoms with van der Waals surface area (Å²) >= 11 is 0. The van der Waals surface area contributed by atoms with E-state index < -0.39 is 41.6 Å². The molecule has 0 radical (unpaired) electrons. The highest BCUT2D eigenvalue weighted by Crippen LogP contribution is 2.52. The number of amides is 1. The van der Waals surface area contributed by atoms with Gasteiger partial charge in [-0.05, 0) is 0 Å². The Hall–Kier alpha value is -1.24. The van der Waals surface area contributed by atoms with Crippen molar-refractivity contribution in [3.8, 4) is 0 Å². The Balaban J connectivity index is 5.70. The summed E-state index contributed by atoms with van der Waals surface area (Å²) in [5, 5.41) is 13.2. The fraction of sp³-hybridized carbons (Fsp3) is 0.833. The van der Waals surface area contributed by atoms with Crippen molar-refractivity contribution < 1.29 is 54.6 Å². The molecule has 0 unspecified atom stereocenters. The van der Waals surface area contributed by atoms with E-state index >= 15 is 0 Å². The standard InChI is InChI=1S/C6H4F9NO3/c7-1-2(17)16(19)5(12,13)3(8,9)4(10,11)6(14,15)18/h18-19H,1H2. The fourth-order valence-corrected chi connectivity index (χ4v) is 0.724. The monoisotopic (exact) mass is 309 g/mol. The van der Waals surface area contributed by atoms with Crippen molar-refractivity contribution in [2.45, 2.75) is 24.0 Å². The van der Waals surface area contributed by atoms with E-state index in [0.717, 1.165) is 0 Å². The second-order valence-corrected chi connectivity index (χ2v) is 3.07. The van der Waals surface area contributed by atoms with Crippen LogP contribution in [-0.2, 0) is 4.79 Å². The van der Waals surface area contributed by atoms with E-state index in [0.29, 0.717) is 0 Å². The normalized spacial score (nSPS) is 14.5. The van der Waals surface area contributed by atoms with Crippen molar-refractivity contribution in [3.05, 3.63) is 0 Å². The van der Waals surface area contributed by atoms with Gasteiger partial charge in [0.15, 0.2) is 6.67 Å². The summed E-state index contributed by atoms with van der Waals surface area (Å²) in [6.07, 6.45) is -6.60. The van der Waals surface area contributed by atoms with E-state index in [1.54, 1.807) is 0 Å². The van der Waals surface area contributed by atoms with Crippen LogP contribution in [0.1, 0.15) is 0 Å². The number of rotatable bonds is 5. The van der Waals surface area contributed by atoms with Crippen molar-refractivity contribution in [2.75, 3.05) is 6.67 Å². The molecule has 4 nitrogen and oxygen atoms in total. The lowest BCUT2D eigenvalue weighted by Crippen LogP contribution is -2.67. The Morgan fingerprint density at radius 3 is 1.58 bits per heavy atom. The number of alkyl halides is 9. The second kappa shape index (κ2) is 4.70. The lowest BCUT2D eigenvalue weighted by Gasteiger charge is -2.36. The molecule has 0 spiro atoms. The first-order chi connectivity index (χ1) is 8.14. The summed E-state index contributed by atoms with van der Waals surface area (Å²) in [7, 11) is 0. The molecule has 0 saturated heterocycles. The van der Waals surface area contributed by atoms with E-state index in [1.807, 2.05) is 0 Å². The number of hydrogen-bond acceptors (Lipinski definition) is 3. The smallest absolute Gasteiger partial charge is 0.331 e. The van der Waals surface area contributed by atoms with Gasteiger partial charge in [-0.25, -0.2) is 4.39 Å². The van der Waals surface area contributed by atoms with Crippen molar-refractivity contribution in [3.63, 3.8) is 0 Å². The van der Waals surface area contributed by atoms with E-state index in [9.17, 15) is 44.3 Å². The zero-order chi connectivity index (χ0) is 15.9. The van der Waals surface area contributed by atoms with E-state index in [-0.39, 0.29) is 0 Å². The van der Waals surface area contributed by atoms with Crippen LogP contribution in [0.2, 0.25) is 0 Å².